The van der Waals surface area contributed by atoms with Crippen molar-refractivity contribution in [2.45, 2.75) is 12.5 Å². The molecule has 18 heavy (non-hydrogen) atoms. The minimum Gasteiger partial charge on any atom is -0.479 e. The van der Waals surface area contributed by atoms with E-state index in [2.05, 4.69) is 21.2 Å². The summed E-state index contributed by atoms with van der Waals surface area (Å²) in [5.41, 5.74) is -2.03. The first-order valence-electron chi connectivity index (χ1n) is 4.87. The fourth-order valence-electron chi connectivity index (χ4n) is 1.43. The lowest BCUT2D eigenvalue weighted by Gasteiger charge is -2.27. The summed E-state index contributed by atoms with van der Waals surface area (Å²) in [7, 11) is 0. The lowest BCUT2D eigenvalue weighted by atomic mass is 9.91. The van der Waals surface area contributed by atoms with Crippen LogP contribution in [0.3, 0.4) is 0 Å². The van der Waals surface area contributed by atoms with Crippen LogP contribution in [0.15, 0.2) is 22.7 Å². The first kappa shape index (κ1) is 14.9. The van der Waals surface area contributed by atoms with Gasteiger partial charge in [-0.1, -0.05) is 15.9 Å². The van der Waals surface area contributed by atoms with Crippen molar-refractivity contribution in [3.63, 3.8) is 0 Å². The number of halogens is 3. The summed E-state index contributed by atoms with van der Waals surface area (Å²) in [5.74, 6) is -3.20. The van der Waals surface area contributed by atoms with Gasteiger partial charge in [0.2, 0.25) is 5.91 Å². The maximum atomic E-state index is 13.7. The van der Waals surface area contributed by atoms with E-state index in [1.807, 2.05) is 0 Å². The van der Waals surface area contributed by atoms with Crippen molar-refractivity contribution in [2.24, 2.45) is 0 Å². The summed E-state index contributed by atoms with van der Waals surface area (Å²) in [6, 6.07) is 3.86. The predicted molar refractivity (Wildman–Crippen MR) is 68.0 cm³/mol. The van der Waals surface area contributed by atoms with E-state index in [-0.39, 0.29) is 5.56 Å². The maximum Gasteiger partial charge on any atom is 0.333 e. The minimum atomic E-state index is -1.88. The largest absolute Gasteiger partial charge is 0.479 e. The highest BCUT2D eigenvalue weighted by molar-refractivity contribution is 9.10. The number of carbonyl (C=O) groups excluding carboxylic acids is 1. The summed E-state index contributed by atoms with van der Waals surface area (Å²) in [6.07, 6.45) is 0. The Labute approximate surface area is 116 Å². The Kier molecular flexibility index (Phi) is 4.70. The molecule has 1 atom stereocenters. The highest BCUT2D eigenvalue weighted by Gasteiger charge is 2.39. The van der Waals surface area contributed by atoms with Crippen molar-refractivity contribution in [3.05, 3.63) is 34.1 Å². The fraction of sp³-hybridized carbons (Fsp3) is 0.273. The van der Waals surface area contributed by atoms with Crippen LogP contribution < -0.4 is 5.32 Å². The molecular weight excluding hydrogens is 328 g/mol. The van der Waals surface area contributed by atoms with Gasteiger partial charge in [-0.2, -0.15) is 0 Å². The number of rotatable bonds is 4. The summed E-state index contributed by atoms with van der Waals surface area (Å²) < 4.78 is 14.2. The van der Waals surface area contributed by atoms with Crippen LogP contribution in [0.4, 0.5) is 4.39 Å². The van der Waals surface area contributed by atoms with Gasteiger partial charge in [0.05, 0.1) is 0 Å². The number of carbonyl (C=O) groups is 2. The number of benzene rings is 1. The van der Waals surface area contributed by atoms with E-state index < -0.39 is 29.1 Å². The van der Waals surface area contributed by atoms with Crippen LogP contribution in [0.1, 0.15) is 12.5 Å². The van der Waals surface area contributed by atoms with Crippen molar-refractivity contribution in [1.82, 2.24) is 5.32 Å². The van der Waals surface area contributed by atoms with Crippen molar-refractivity contribution < 1.29 is 19.1 Å². The average molecular weight is 339 g/mol. The standard InChI is InChI=1S/C11H10BrClFNO3/c1-11(10(17)18,15-9(16)5-13)7-4-6(12)2-3-8(7)14/h2-4H,5H2,1H3,(H,15,16)(H,17,18). The van der Waals surface area contributed by atoms with Gasteiger partial charge in [-0.15, -0.1) is 11.6 Å². The number of alkyl halides is 1. The summed E-state index contributed by atoms with van der Waals surface area (Å²) >= 11 is 8.44. The van der Waals surface area contributed by atoms with Crippen LogP contribution in [0.5, 0.6) is 0 Å². The Morgan fingerprint density at radius 2 is 2.17 bits per heavy atom. The predicted octanol–water partition coefficient (Wildman–Crippen LogP) is 2.24. The third kappa shape index (κ3) is 3.00. The molecule has 0 saturated carbocycles. The lowest BCUT2D eigenvalue weighted by molar-refractivity contribution is -0.147. The zero-order valence-electron chi connectivity index (χ0n) is 9.34. The van der Waals surface area contributed by atoms with Gasteiger partial charge >= 0.3 is 5.97 Å². The molecule has 0 saturated heterocycles. The molecule has 0 heterocycles. The molecule has 0 aliphatic carbocycles. The molecule has 0 aromatic heterocycles. The quantitative estimate of drug-likeness (QED) is 0.828. The molecule has 2 N–H and O–H groups in total. The van der Waals surface area contributed by atoms with Gasteiger partial charge in [0.15, 0.2) is 5.54 Å². The third-order valence-corrected chi connectivity index (χ3v) is 3.14. The number of amides is 1. The second-order valence-electron chi connectivity index (χ2n) is 3.74. The van der Waals surface area contributed by atoms with Gasteiger partial charge in [-0.25, -0.2) is 9.18 Å². The van der Waals surface area contributed by atoms with Crippen LogP contribution in [0, 0.1) is 5.82 Å². The molecule has 1 amide bonds. The van der Waals surface area contributed by atoms with E-state index in [1.54, 1.807) is 0 Å². The van der Waals surface area contributed by atoms with Crippen molar-refractivity contribution in [1.29, 1.82) is 0 Å². The summed E-state index contributed by atoms with van der Waals surface area (Å²) in [4.78, 5) is 22.6. The normalized spacial score (nSPS) is 13.8. The summed E-state index contributed by atoms with van der Waals surface area (Å²) in [6.45, 7) is 1.20. The molecule has 0 spiro atoms. The van der Waals surface area contributed by atoms with E-state index in [0.29, 0.717) is 4.47 Å². The van der Waals surface area contributed by atoms with E-state index >= 15 is 0 Å². The van der Waals surface area contributed by atoms with Gasteiger partial charge in [0.1, 0.15) is 11.7 Å². The molecule has 98 valence electrons. The minimum absolute atomic E-state index is 0.150. The zero-order valence-corrected chi connectivity index (χ0v) is 11.7. The second kappa shape index (κ2) is 5.67. The van der Waals surface area contributed by atoms with Gasteiger partial charge < -0.3 is 10.4 Å². The Morgan fingerprint density at radius 1 is 1.56 bits per heavy atom. The van der Waals surface area contributed by atoms with Gasteiger partial charge in [0.25, 0.3) is 0 Å². The Morgan fingerprint density at radius 3 is 2.67 bits per heavy atom. The smallest absolute Gasteiger partial charge is 0.333 e. The van der Waals surface area contributed by atoms with Crippen LogP contribution in [0.25, 0.3) is 0 Å². The third-order valence-electron chi connectivity index (χ3n) is 2.41. The Hall–Kier alpha value is -1.14. The van der Waals surface area contributed by atoms with Crippen molar-refractivity contribution in [2.75, 3.05) is 5.88 Å². The van der Waals surface area contributed by atoms with E-state index in [9.17, 15) is 19.1 Å². The first-order chi connectivity index (χ1) is 8.31. The van der Waals surface area contributed by atoms with Gasteiger partial charge in [0, 0.05) is 10.0 Å². The molecule has 0 bridgehead atoms. The molecule has 0 fully saturated rings. The molecule has 0 aliphatic heterocycles. The fourth-order valence-corrected chi connectivity index (χ4v) is 1.86. The lowest BCUT2D eigenvalue weighted by Crippen LogP contribution is -2.50. The molecule has 0 aliphatic rings. The molecular formula is C11H10BrClFNO3. The number of carboxylic acid groups (broad SMARTS) is 1. The van der Waals surface area contributed by atoms with Crippen LogP contribution >= 0.6 is 27.5 Å². The number of nitrogens with one attached hydrogen (secondary N) is 1. The average Bonchev–Trinajstić information content (AvgIpc) is 2.31. The molecule has 1 aromatic rings. The molecule has 1 unspecified atom stereocenters. The number of aliphatic carboxylic acids is 1. The molecule has 0 radical (unpaired) electrons. The van der Waals surface area contributed by atoms with Crippen molar-refractivity contribution >= 4 is 39.4 Å². The van der Waals surface area contributed by atoms with Gasteiger partial charge in [-0.05, 0) is 25.1 Å². The van der Waals surface area contributed by atoms with Crippen LogP contribution in [-0.2, 0) is 15.1 Å². The maximum absolute atomic E-state index is 13.7. The van der Waals surface area contributed by atoms with Crippen LogP contribution in [-0.4, -0.2) is 22.9 Å². The molecule has 1 rings (SSSR count). The van der Waals surface area contributed by atoms with Crippen LogP contribution in [0.2, 0.25) is 0 Å². The highest BCUT2D eigenvalue weighted by atomic mass is 79.9. The SMILES string of the molecule is CC(NC(=O)CCl)(C(=O)O)c1cc(Br)ccc1F. The molecule has 4 nitrogen and oxygen atoms in total. The first-order valence-corrected chi connectivity index (χ1v) is 6.20. The number of hydrogen-bond acceptors (Lipinski definition) is 2. The highest BCUT2D eigenvalue weighted by Crippen LogP contribution is 2.27. The van der Waals surface area contributed by atoms with E-state index in [1.165, 1.54) is 19.1 Å². The molecule has 7 heteroatoms. The monoisotopic (exact) mass is 337 g/mol. The van der Waals surface area contributed by atoms with Gasteiger partial charge in [-0.3, -0.25) is 4.79 Å². The van der Waals surface area contributed by atoms with E-state index in [4.69, 9.17) is 11.6 Å². The molecule has 1 aromatic carbocycles. The van der Waals surface area contributed by atoms with Crippen molar-refractivity contribution in [3.8, 4) is 0 Å². The number of carboxylic acids is 1. The zero-order chi connectivity index (χ0) is 13.9. The Balaban J connectivity index is 3.31. The summed E-state index contributed by atoms with van der Waals surface area (Å²) in [5, 5.41) is 11.4. The topological polar surface area (TPSA) is 66.4 Å². The number of hydrogen-bond donors (Lipinski definition) is 2. The van der Waals surface area contributed by atoms with E-state index in [0.717, 1.165) is 6.07 Å². The Bertz CT molecular complexity index is 497. The second-order valence-corrected chi connectivity index (χ2v) is 4.92.